The summed E-state index contributed by atoms with van der Waals surface area (Å²) >= 11 is 0. The van der Waals surface area contributed by atoms with Crippen molar-refractivity contribution in [3.63, 3.8) is 0 Å². The summed E-state index contributed by atoms with van der Waals surface area (Å²) in [5.41, 5.74) is 1.14. The van der Waals surface area contributed by atoms with Gasteiger partial charge >= 0.3 is 0 Å². The SMILES string of the molecule is CNC(=O)/C(=C\N(C)C)C(=O)c1cc(C(C)(C)C)c(O)c(C(C)(C)C)c1. The van der Waals surface area contributed by atoms with Crippen LogP contribution in [0.1, 0.15) is 63.0 Å². The van der Waals surface area contributed by atoms with Crippen molar-refractivity contribution < 1.29 is 14.7 Å². The van der Waals surface area contributed by atoms with Gasteiger partial charge in [-0.3, -0.25) is 9.59 Å². The quantitative estimate of drug-likeness (QED) is 0.374. The molecule has 5 nitrogen and oxygen atoms in total. The lowest BCUT2D eigenvalue weighted by molar-refractivity contribution is -0.116. The van der Waals surface area contributed by atoms with Gasteiger partial charge in [0.05, 0.1) is 0 Å². The smallest absolute Gasteiger partial charge is 0.256 e. The molecule has 1 aromatic rings. The molecule has 0 saturated heterocycles. The minimum atomic E-state index is -0.439. The van der Waals surface area contributed by atoms with E-state index < -0.39 is 5.91 Å². The summed E-state index contributed by atoms with van der Waals surface area (Å²) in [7, 11) is 5.01. The number of carbonyl (C=O) groups excluding carboxylic acids is 2. The Morgan fingerprint density at radius 1 is 1.00 bits per heavy atom. The van der Waals surface area contributed by atoms with E-state index in [1.807, 2.05) is 41.5 Å². The Labute approximate surface area is 157 Å². The predicted octanol–water partition coefficient (Wildman–Crippen LogP) is 3.36. The van der Waals surface area contributed by atoms with Gasteiger partial charge in [-0.25, -0.2) is 0 Å². The van der Waals surface area contributed by atoms with Crippen LogP contribution in [-0.4, -0.2) is 42.8 Å². The van der Waals surface area contributed by atoms with Crippen molar-refractivity contribution in [2.75, 3.05) is 21.1 Å². The standard InChI is InChI=1S/C21H32N2O3/c1-20(2,3)15-10-13(11-16(18(15)25)21(4,5)6)17(24)14(12-23(8)9)19(26)22-7/h10-12,25H,1-9H3,(H,22,26)/b14-12-. The normalized spacial score (nSPS) is 12.7. The monoisotopic (exact) mass is 360 g/mol. The van der Waals surface area contributed by atoms with Gasteiger partial charge in [0.25, 0.3) is 5.91 Å². The van der Waals surface area contributed by atoms with Crippen LogP contribution in [-0.2, 0) is 15.6 Å². The maximum absolute atomic E-state index is 13.1. The number of phenolic OH excluding ortho intramolecular Hbond substituents is 1. The molecule has 0 aliphatic carbocycles. The molecular formula is C21H32N2O3. The van der Waals surface area contributed by atoms with E-state index in [9.17, 15) is 14.7 Å². The van der Waals surface area contributed by atoms with Crippen LogP contribution < -0.4 is 5.32 Å². The molecule has 1 rings (SSSR count). The molecule has 0 spiro atoms. The Bertz CT molecular complexity index is 698. The van der Waals surface area contributed by atoms with Gasteiger partial charge in [-0.1, -0.05) is 41.5 Å². The minimum absolute atomic E-state index is 0.0582. The van der Waals surface area contributed by atoms with Crippen LogP contribution in [0.2, 0.25) is 0 Å². The van der Waals surface area contributed by atoms with Crippen molar-refractivity contribution in [2.24, 2.45) is 0 Å². The summed E-state index contributed by atoms with van der Waals surface area (Å²) in [4.78, 5) is 27.0. The predicted molar refractivity (Wildman–Crippen MR) is 106 cm³/mol. The third kappa shape index (κ3) is 4.87. The fraction of sp³-hybridized carbons (Fsp3) is 0.524. The van der Waals surface area contributed by atoms with Crippen LogP contribution in [0.15, 0.2) is 23.9 Å². The molecule has 0 bridgehead atoms. The van der Waals surface area contributed by atoms with Crippen molar-refractivity contribution in [1.82, 2.24) is 10.2 Å². The van der Waals surface area contributed by atoms with Gasteiger partial charge in [0.15, 0.2) is 5.78 Å². The second-order valence-corrected chi connectivity index (χ2v) is 8.83. The van der Waals surface area contributed by atoms with E-state index in [2.05, 4.69) is 5.32 Å². The van der Waals surface area contributed by atoms with Crippen LogP contribution in [0.25, 0.3) is 0 Å². The van der Waals surface area contributed by atoms with E-state index in [-0.39, 0.29) is 27.9 Å². The number of nitrogens with one attached hydrogen (secondary N) is 1. The average molecular weight is 360 g/mol. The topological polar surface area (TPSA) is 69.6 Å². The number of rotatable bonds is 4. The molecule has 0 aliphatic rings. The van der Waals surface area contributed by atoms with Crippen LogP contribution >= 0.6 is 0 Å². The first-order chi connectivity index (χ1) is 11.7. The maximum Gasteiger partial charge on any atom is 0.256 e. The Morgan fingerprint density at radius 2 is 1.42 bits per heavy atom. The number of hydrogen-bond donors (Lipinski definition) is 2. The molecule has 0 fully saturated rings. The fourth-order valence-electron chi connectivity index (χ4n) is 2.68. The number of hydrogen-bond acceptors (Lipinski definition) is 4. The Morgan fingerprint density at radius 3 is 1.73 bits per heavy atom. The third-order valence-electron chi connectivity index (χ3n) is 4.09. The Balaban J connectivity index is 3.71. The van der Waals surface area contributed by atoms with Gasteiger partial charge in [-0.2, -0.15) is 0 Å². The summed E-state index contributed by atoms with van der Waals surface area (Å²) in [6.07, 6.45) is 1.52. The molecule has 0 unspecified atom stereocenters. The molecule has 0 radical (unpaired) electrons. The van der Waals surface area contributed by atoms with Crippen LogP contribution in [0.4, 0.5) is 0 Å². The van der Waals surface area contributed by atoms with Crippen LogP contribution in [0.3, 0.4) is 0 Å². The zero-order valence-electron chi connectivity index (χ0n) is 17.4. The molecule has 1 aromatic carbocycles. The molecule has 5 heteroatoms. The van der Waals surface area contributed by atoms with Crippen LogP contribution in [0, 0.1) is 0 Å². The summed E-state index contributed by atoms with van der Waals surface area (Å²) in [5.74, 6) is -0.597. The molecule has 0 atom stereocenters. The van der Waals surface area contributed by atoms with Crippen molar-refractivity contribution in [2.45, 2.75) is 52.4 Å². The largest absolute Gasteiger partial charge is 0.507 e. The summed E-state index contributed by atoms with van der Waals surface area (Å²) in [5, 5.41) is 13.3. The highest BCUT2D eigenvalue weighted by Gasteiger charge is 2.29. The lowest BCUT2D eigenvalue weighted by atomic mass is 9.77. The number of aromatic hydroxyl groups is 1. The van der Waals surface area contributed by atoms with Crippen molar-refractivity contribution in [3.05, 3.63) is 40.6 Å². The van der Waals surface area contributed by atoms with Crippen molar-refractivity contribution >= 4 is 11.7 Å². The highest BCUT2D eigenvalue weighted by Crippen LogP contribution is 2.40. The number of Topliss-reactive ketones (excluding diaryl/α,β-unsaturated/α-hetero) is 1. The zero-order chi connectivity index (χ0) is 20.4. The van der Waals surface area contributed by atoms with Crippen LogP contribution in [0.5, 0.6) is 5.75 Å². The number of carbonyl (C=O) groups is 2. The maximum atomic E-state index is 13.1. The first kappa shape index (κ1) is 21.7. The first-order valence-electron chi connectivity index (χ1n) is 8.73. The molecule has 1 amide bonds. The molecule has 0 saturated carbocycles. The number of phenols is 1. The molecule has 0 aliphatic heterocycles. The number of benzene rings is 1. The Kier molecular flexibility index (Phi) is 6.29. The van der Waals surface area contributed by atoms with E-state index in [0.717, 1.165) is 0 Å². The second-order valence-electron chi connectivity index (χ2n) is 8.83. The lowest BCUT2D eigenvalue weighted by Crippen LogP contribution is -2.27. The van der Waals surface area contributed by atoms with E-state index in [0.29, 0.717) is 16.7 Å². The highest BCUT2D eigenvalue weighted by molar-refractivity contribution is 6.25. The minimum Gasteiger partial charge on any atom is -0.507 e. The van der Waals surface area contributed by atoms with Gasteiger partial charge in [0.1, 0.15) is 11.3 Å². The van der Waals surface area contributed by atoms with E-state index in [4.69, 9.17) is 0 Å². The van der Waals surface area contributed by atoms with Gasteiger partial charge in [0, 0.05) is 44.0 Å². The molecule has 26 heavy (non-hydrogen) atoms. The number of likely N-dealkylation sites (N-methyl/N-ethyl adjacent to an activating group) is 1. The summed E-state index contributed by atoms with van der Waals surface area (Å²) < 4.78 is 0. The third-order valence-corrected chi connectivity index (χ3v) is 4.09. The first-order valence-corrected chi connectivity index (χ1v) is 8.73. The van der Waals surface area contributed by atoms with Crippen molar-refractivity contribution in [3.8, 4) is 5.75 Å². The summed E-state index contributed by atoms with van der Waals surface area (Å²) in [6.45, 7) is 11.9. The zero-order valence-corrected chi connectivity index (χ0v) is 17.4. The highest BCUT2D eigenvalue weighted by atomic mass is 16.3. The lowest BCUT2D eigenvalue weighted by Gasteiger charge is -2.28. The molecule has 2 N–H and O–H groups in total. The van der Waals surface area contributed by atoms with Gasteiger partial charge in [0.2, 0.25) is 0 Å². The molecular weight excluding hydrogens is 328 g/mol. The van der Waals surface area contributed by atoms with Gasteiger partial charge in [-0.05, 0) is 23.0 Å². The van der Waals surface area contributed by atoms with E-state index in [1.54, 1.807) is 31.1 Å². The van der Waals surface area contributed by atoms with E-state index >= 15 is 0 Å². The summed E-state index contributed by atoms with van der Waals surface area (Å²) in [6, 6.07) is 3.39. The van der Waals surface area contributed by atoms with Gasteiger partial charge < -0.3 is 15.3 Å². The second kappa shape index (κ2) is 7.52. The van der Waals surface area contributed by atoms with Gasteiger partial charge in [-0.15, -0.1) is 0 Å². The van der Waals surface area contributed by atoms with Crippen molar-refractivity contribution in [1.29, 1.82) is 0 Å². The number of ketones is 1. The Hall–Kier alpha value is -2.30. The number of nitrogens with zero attached hydrogens (tertiary/aromatic N) is 1. The number of amides is 1. The fourth-order valence-corrected chi connectivity index (χ4v) is 2.68. The molecule has 0 heterocycles. The molecule has 0 aromatic heterocycles. The molecule has 144 valence electrons. The van der Waals surface area contributed by atoms with E-state index in [1.165, 1.54) is 13.2 Å². The average Bonchev–Trinajstić information content (AvgIpc) is 2.48.